The zero-order valence-electron chi connectivity index (χ0n) is 6.15. The van der Waals surface area contributed by atoms with Crippen LogP contribution in [-0.2, 0) is 24.7 Å². The summed E-state index contributed by atoms with van der Waals surface area (Å²) in [7, 11) is 0. The Bertz CT molecular complexity index is 187. The number of hydrogen-bond acceptors (Lipinski definition) is 0. The van der Waals surface area contributed by atoms with E-state index in [1.54, 1.807) is 28.0 Å². The van der Waals surface area contributed by atoms with Crippen molar-refractivity contribution in [1.29, 1.82) is 0 Å². The van der Waals surface area contributed by atoms with Crippen molar-refractivity contribution in [2.45, 2.75) is 20.8 Å². The molecule has 0 N–H and O–H groups in total. The van der Waals surface area contributed by atoms with Gasteiger partial charge in [-0.15, -0.1) is 0 Å². The average molecular weight is 198 g/mol. The average Bonchev–Trinajstić information content (AvgIpc) is 1.98. The third-order valence-corrected chi connectivity index (χ3v) is 3.99. The first-order valence-corrected chi connectivity index (χ1v) is 4.47. The van der Waals surface area contributed by atoms with E-state index in [-0.39, 0.29) is 0 Å². The molecule has 0 saturated heterocycles. The van der Waals surface area contributed by atoms with E-state index in [1.165, 1.54) is 11.1 Å². The van der Waals surface area contributed by atoms with Crippen LogP contribution in [0.15, 0.2) is 20.5 Å². The van der Waals surface area contributed by atoms with Crippen LogP contribution in [0.1, 0.15) is 20.8 Å². The topological polar surface area (TPSA) is 0 Å². The zero-order chi connectivity index (χ0) is 7.02. The first-order chi connectivity index (χ1) is 4.13. The van der Waals surface area contributed by atoms with E-state index >= 15 is 0 Å². The van der Waals surface area contributed by atoms with Gasteiger partial charge in [-0.05, 0) is 0 Å². The van der Waals surface area contributed by atoms with Gasteiger partial charge in [-0.25, -0.2) is 0 Å². The molecule has 1 aliphatic carbocycles. The number of allylic oxidation sites excluding steroid dienone is 4. The molecule has 1 unspecified atom stereocenters. The van der Waals surface area contributed by atoms with Crippen LogP contribution in [0.2, 0.25) is 0 Å². The van der Waals surface area contributed by atoms with Gasteiger partial charge in [-0.2, -0.15) is 0 Å². The maximum atomic E-state index is 2.35. The Labute approximate surface area is 71.9 Å². The summed E-state index contributed by atoms with van der Waals surface area (Å²) in [6.07, 6.45) is 2.35. The molecule has 0 aliphatic heterocycles. The summed E-state index contributed by atoms with van der Waals surface area (Å²) in [5.41, 5.74) is 3.01. The van der Waals surface area contributed by atoms with Crippen LogP contribution in [0.25, 0.3) is 0 Å². The van der Waals surface area contributed by atoms with Crippen molar-refractivity contribution in [2.24, 2.45) is 5.92 Å². The van der Waals surface area contributed by atoms with Crippen molar-refractivity contribution in [2.75, 3.05) is 0 Å². The van der Waals surface area contributed by atoms with Crippen LogP contribution in [0, 0.1) is 5.92 Å². The van der Waals surface area contributed by atoms with E-state index < -0.39 is 0 Å². The monoisotopic (exact) mass is 197 g/mol. The molecular formula is C8H11Zr. The molecule has 0 aromatic heterocycles. The minimum absolute atomic E-state index is 0.725. The second-order valence-corrected chi connectivity index (χ2v) is 4.00. The molecule has 1 heteroatoms. The third kappa shape index (κ3) is 1.26. The Balaban J connectivity index is 2.97. The van der Waals surface area contributed by atoms with Crippen molar-refractivity contribution < 1.29 is 24.7 Å². The SMILES string of the molecule is CC1=CC(C)[C]([Zr])=C1C. The van der Waals surface area contributed by atoms with E-state index in [0.29, 0.717) is 0 Å². The van der Waals surface area contributed by atoms with Gasteiger partial charge >= 0.3 is 71.9 Å². The molecule has 1 aliphatic rings. The molecule has 0 heterocycles. The number of rotatable bonds is 0. The third-order valence-electron chi connectivity index (χ3n) is 1.95. The fraction of sp³-hybridized carbons (Fsp3) is 0.500. The van der Waals surface area contributed by atoms with Gasteiger partial charge < -0.3 is 0 Å². The Morgan fingerprint density at radius 3 is 2.11 bits per heavy atom. The molecule has 47 valence electrons. The van der Waals surface area contributed by atoms with Gasteiger partial charge in [0, 0.05) is 0 Å². The first-order valence-electron chi connectivity index (χ1n) is 3.24. The van der Waals surface area contributed by atoms with E-state index in [1.807, 2.05) is 0 Å². The van der Waals surface area contributed by atoms with E-state index in [2.05, 4.69) is 26.8 Å². The molecule has 0 nitrogen and oxygen atoms in total. The van der Waals surface area contributed by atoms with Crippen LogP contribution in [0.4, 0.5) is 0 Å². The quantitative estimate of drug-likeness (QED) is 0.561. The Morgan fingerprint density at radius 1 is 1.44 bits per heavy atom. The first kappa shape index (κ1) is 7.47. The molecule has 9 heavy (non-hydrogen) atoms. The molecule has 1 atom stereocenters. The summed E-state index contributed by atoms with van der Waals surface area (Å²) in [5, 5.41) is 0. The molecule has 0 bridgehead atoms. The van der Waals surface area contributed by atoms with Crippen LogP contribution in [0.5, 0.6) is 0 Å². The molecule has 1 rings (SSSR count). The van der Waals surface area contributed by atoms with Crippen LogP contribution in [-0.4, -0.2) is 0 Å². The summed E-state index contributed by atoms with van der Waals surface area (Å²) in [6, 6.07) is 0. The van der Waals surface area contributed by atoms with Gasteiger partial charge in [0.15, 0.2) is 0 Å². The molecule has 0 radical (unpaired) electrons. The van der Waals surface area contributed by atoms with Gasteiger partial charge in [0.1, 0.15) is 0 Å². The molecule has 0 amide bonds. The van der Waals surface area contributed by atoms with Gasteiger partial charge in [0.25, 0.3) is 0 Å². The van der Waals surface area contributed by atoms with E-state index in [0.717, 1.165) is 5.92 Å². The predicted octanol–water partition coefficient (Wildman–Crippen LogP) is 2.40. The van der Waals surface area contributed by atoms with Crippen LogP contribution >= 0.6 is 0 Å². The fourth-order valence-electron chi connectivity index (χ4n) is 1.14. The second-order valence-electron chi connectivity index (χ2n) is 2.68. The van der Waals surface area contributed by atoms with E-state index in [4.69, 9.17) is 0 Å². The van der Waals surface area contributed by atoms with Crippen molar-refractivity contribution in [3.8, 4) is 0 Å². The molecule has 0 spiro atoms. The van der Waals surface area contributed by atoms with Crippen molar-refractivity contribution in [1.82, 2.24) is 0 Å². The molecule has 0 saturated carbocycles. The maximum absolute atomic E-state index is 2.35. The van der Waals surface area contributed by atoms with Crippen LogP contribution < -0.4 is 0 Å². The van der Waals surface area contributed by atoms with Gasteiger partial charge in [0.05, 0.1) is 0 Å². The standard InChI is InChI=1S/C8H11.Zr/c1-6-4-7(2)8(3)5-6;/h4,6H,1-3H3;. The molecular weight excluding hydrogens is 187 g/mol. The van der Waals surface area contributed by atoms with E-state index in [9.17, 15) is 0 Å². The summed E-state index contributed by atoms with van der Waals surface area (Å²) >= 11 is 1.58. The Hall–Kier alpha value is 0.363. The minimum atomic E-state index is 0.725. The summed E-state index contributed by atoms with van der Waals surface area (Å²) < 4.78 is 1.62. The number of hydrogen-bond donors (Lipinski definition) is 0. The van der Waals surface area contributed by atoms with Gasteiger partial charge in [0.2, 0.25) is 0 Å². The Kier molecular flexibility index (Phi) is 2.11. The molecule has 0 fully saturated rings. The summed E-state index contributed by atoms with van der Waals surface area (Å²) in [5.74, 6) is 0.725. The van der Waals surface area contributed by atoms with Crippen molar-refractivity contribution >= 4 is 0 Å². The summed E-state index contributed by atoms with van der Waals surface area (Å²) in [6.45, 7) is 6.69. The van der Waals surface area contributed by atoms with Crippen molar-refractivity contribution in [3.63, 3.8) is 0 Å². The van der Waals surface area contributed by atoms with Crippen molar-refractivity contribution in [3.05, 3.63) is 20.5 Å². The summed E-state index contributed by atoms with van der Waals surface area (Å²) in [4.78, 5) is 0. The van der Waals surface area contributed by atoms with Crippen LogP contribution in [0.3, 0.4) is 0 Å². The normalized spacial score (nSPS) is 26.9. The van der Waals surface area contributed by atoms with Gasteiger partial charge in [-0.3, -0.25) is 0 Å². The molecule has 0 aromatic rings. The molecule has 0 aromatic carbocycles. The zero-order valence-corrected chi connectivity index (χ0v) is 8.61. The van der Waals surface area contributed by atoms with Gasteiger partial charge in [-0.1, -0.05) is 0 Å². The predicted molar refractivity (Wildman–Crippen MR) is 35.6 cm³/mol. The Morgan fingerprint density at radius 2 is 2.00 bits per heavy atom. The fourth-order valence-corrected chi connectivity index (χ4v) is 1.83. The second kappa shape index (κ2) is 2.54.